The third-order valence-corrected chi connectivity index (χ3v) is 7.75. The van der Waals surface area contributed by atoms with Crippen molar-refractivity contribution in [1.82, 2.24) is 14.9 Å². The maximum absolute atomic E-state index is 15.5. The fourth-order valence-electron chi connectivity index (χ4n) is 5.43. The summed E-state index contributed by atoms with van der Waals surface area (Å²) >= 11 is 0. The molecule has 1 aliphatic rings. The van der Waals surface area contributed by atoms with Crippen molar-refractivity contribution in [1.29, 1.82) is 0 Å². The minimum absolute atomic E-state index is 0.268. The second-order valence-corrected chi connectivity index (χ2v) is 10.7. The number of rotatable bonds is 8. The van der Waals surface area contributed by atoms with Crippen LogP contribution in [-0.4, -0.2) is 52.1 Å². The second-order valence-electron chi connectivity index (χ2n) is 10.7. The number of carbonyl (C=O) groups is 2. The summed E-state index contributed by atoms with van der Waals surface area (Å²) in [7, 11) is 1.51. The van der Waals surface area contributed by atoms with Gasteiger partial charge in [-0.05, 0) is 78.4 Å². The van der Waals surface area contributed by atoms with Crippen molar-refractivity contribution in [2.24, 2.45) is 5.41 Å². The number of aromatic nitrogens is 2. The van der Waals surface area contributed by atoms with Gasteiger partial charge in [-0.15, -0.1) is 0 Å². The van der Waals surface area contributed by atoms with Gasteiger partial charge in [-0.1, -0.05) is 30.3 Å². The zero-order valence-corrected chi connectivity index (χ0v) is 23.4. The van der Waals surface area contributed by atoms with Crippen LogP contribution >= 0.6 is 0 Å². The smallest absolute Gasteiger partial charge is 0.311 e. The van der Waals surface area contributed by atoms with Crippen molar-refractivity contribution in [3.05, 3.63) is 95.3 Å². The summed E-state index contributed by atoms with van der Waals surface area (Å²) in [4.78, 5) is 33.9. The van der Waals surface area contributed by atoms with Crippen LogP contribution in [-0.2, 0) is 11.3 Å². The van der Waals surface area contributed by atoms with Gasteiger partial charge in [0, 0.05) is 37.1 Å². The van der Waals surface area contributed by atoms with E-state index in [1.165, 1.54) is 25.7 Å². The van der Waals surface area contributed by atoms with Gasteiger partial charge < -0.3 is 15.2 Å². The molecule has 0 atom stereocenters. The normalized spacial score (nSPS) is 14.3. The van der Waals surface area contributed by atoms with E-state index in [0.29, 0.717) is 35.7 Å². The third kappa shape index (κ3) is 5.40. The Hall–Kier alpha value is -4.63. The Morgan fingerprint density at radius 2 is 1.73 bits per heavy atom. The van der Waals surface area contributed by atoms with E-state index < -0.39 is 17.2 Å². The molecular formula is C32H31FN4O4. The largest absolute Gasteiger partial charge is 0.496 e. The van der Waals surface area contributed by atoms with Crippen molar-refractivity contribution in [2.75, 3.05) is 25.5 Å². The van der Waals surface area contributed by atoms with Gasteiger partial charge >= 0.3 is 5.97 Å². The van der Waals surface area contributed by atoms with Gasteiger partial charge in [-0.2, -0.15) is 0 Å². The molecule has 210 valence electrons. The van der Waals surface area contributed by atoms with Gasteiger partial charge in [0.15, 0.2) is 0 Å². The molecule has 2 heterocycles. The van der Waals surface area contributed by atoms with Crippen LogP contribution in [0.5, 0.6) is 5.75 Å². The summed E-state index contributed by atoms with van der Waals surface area (Å²) in [6, 6.07) is 16.5. The molecule has 0 radical (unpaired) electrons. The van der Waals surface area contributed by atoms with Gasteiger partial charge in [-0.3, -0.25) is 14.5 Å². The monoisotopic (exact) mass is 554 g/mol. The molecule has 3 aromatic carbocycles. The van der Waals surface area contributed by atoms with E-state index in [1.807, 2.05) is 61.2 Å². The predicted molar refractivity (Wildman–Crippen MR) is 154 cm³/mol. The Morgan fingerprint density at radius 1 is 1.05 bits per heavy atom. The van der Waals surface area contributed by atoms with Crippen molar-refractivity contribution in [3.63, 3.8) is 0 Å². The number of carbonyl (C=O) groups excluding carboxylic acids is 1. The SMILES string of the molecule is COc1cc(-c2cccc(-c3cccc(NC(=O)c4ccncn4)c3C)c2C)cc(F)c1CN1CC(C)(C(=O)O)C1. The number of carboxylic acids is 1. The average Bonchev–Trinajstić information content (AvgIpc) is 2.94. The maximum Gasteiger partial charge on any atom is 0.311 e. The third-order valence-electron chi connectivity index (χ3n) is 7.75. The molecule has 0 aliphatic carbocycles. The first kappa shape index (κ1) is 27.9. The van der Waals surface area contributed by atoms with E-state index >= 15 is 4.39 Å². The quantitative estimate of drug-likeness (QED) is 0.286. The van der Waals surface area contributed by atoms with Gasteiger partial charge in [0.05, 0.1) is 12.5 Å². The fourth-order valence-corrected chi connectivity index (χ4v) is 5.43. The number of ether oxygens (including phenoxy) is 1. The number of nitrogens with one attached hydrogen (secondary N) is 1. The molecule has 0 spiro atoms. The van der Waals surface area contributed by atoms with Crippen LogP contribution in [0.15, 0.2) is 67.1 Å². The summed E-state index contributed by atoms with van der Waals surface area (Å²) in [5.74, 6) is -1.16. The van der Waals surface area contributed by atoms with Crippen molar-refractivity contribution >= 4 is 17.6 Å². The van der Waals surface area contributed by atoms with Crippen LogP contribution in [0, 0.1) is 25.1 Å². The van der Waals surface area contributed by atoms with Crippen LogP contribution < -0.4 is 10.1 Å². The molecule has 1 amide bonds. The van der Waals surface area contributed by atoms with Crippen molar-refractivity contribution < 1.29 is 23.8 Å². The van der Waals surface area contributed by atoms with Crippen LogP contribution in [0.1, 0.15) is 34.1 Å². The Kier molecular flexibility index (Phi) is 7.55. The van der Waals surface area contributed by atoms with Crippen molar-refractivity contribution in [3.8, 4) is 28.0 Å². The summed E-state index contributed by atoms with van der Waals surface area (Å²) in [5.41, 5.74) is 5.78. The van der Waals surface area contributed by atoms with Crippen LogP contribution in [0.2, 0.25) is 0 Å². The Bertz CT molecular complexity index is 1630. The maximum atomic E-state index is 15.5. The summed E-state index contributed by atoms with van der Waals surface area (Å²) in [6.45, 7) is 6.60. The summed E-state index contributed by atoms with van der Waals surface area (Å²) in [6.07, 6.45) is 2.85. The first-order chi connectivity index (χ1) is 19.6. The van der Waals surface area contributed by atoms with Crippen LogP contribution in [0.3, 0.4) is 0 Å². The molecule has 1 fully saturated rings. The minimum atomic E-state index is -0.846. The Labute approximate surface area is 237 Å². The number of methoxy groups -OCH3 is 1. The molecule has 5 rings (SSSR count). The number of nitrogens with zero attached hydrogens (tertiary/aromatic N) is 3. The number of anilines is 1. The van der Waals surface area contributed by atoms with Crippen molar-refractivity contribution in [2.45, 2.75) is 27.3 Å². The standard InChI is InChI=1S/C32H31FN4O4/c1-19-22(21-13-26(33)25(29(14-21)41-4)15-37-16-32(3,17-37)31(39)40)7-5-8-23(19)24-9-6-10-27(20(24)2)36-30(38)28-11-12-34-18-35-28/h5-14,18H,15-17H2,1-4H3,(H,36,38)(H,39,40). The van der Waals surface area contributed by atoms with Gasteiger partial charge in [-0.25, -0.2) is 14.4 Å². The van der Waals surface area contributed by atoms with E-state index in [-0.39, 0.29) is 18.1 Å². The molecule has 41 heavy (non-hydrogen) atoms. The molecule has 0 saturated carbocycles. The number of aliphatic carboxylic acids is 1. The molecule has 1 aliphatic heterocycles. The second kappa shape index (κ2) is 11.1. The lowest BCUT2D eigenvalue weighted by Crippen LogP contribution is -2.58. The summed E-state index contributed by atoms with van der Waals surface area (Å²) < 4.78 is 21.1. The number of amides is 1. The highest BCUT2D eigenvalue weighted by Gasteiger charge is 2.45. The Morgan fingerprint density at radius 3 is 2.39 bits per heavy atom. The first-order valence-electron chi connectivity index (χ1n) is 13.2. The number of likely N-dealkylation sites (tertiary alicyclic amines) is 1. The summed E-state index contributed by atoms with van der Waals surface area (Å²) in [5, 5.41) is 12.3. The zero-order valence-electron chi connectivity index (χ0n) is 23.4. The highest BCUT2D eigenvalue weighted by atomic mass is 19.1. The first-order valence-corrected chi connectivity index (χ1v) is 13.2. The zero-order chi connectivity index (χ0) is 29.3. The molecule has 4 aromatic rings. The van der Waals surface area contributed by atoms with Gasteiger partial charge in [0.1, 0.15) is 23.6 Å². The van der Waals surface area contributed by atoms with Crippen LogP contribution in [0.4, 0.5) is 10.1 Å². The number of hydrogen-bond acceptors (Lipinski definition) is 6. The lowest BCUT2D eigenvalue weighted by molar-refractivity contribution is -0.159. The number of carboxylic acid groups (broad SMARTS) is 1. The topological polar surface area (TPSA) is 105 Å². The molecule has 0 unspecified atom stereocenters. The van der Waals surface area contributed by atoms with E-state index in [1.54, 1.807) is 13.0 Å². The molecule has 9 heteroatoms. The molecule has 8 nitrogen and oxygen atoms in total. The molecule has 0 bridgehead atoms. The molecule has 1 saturated heterocycles. The lowest BCUT2D eigenvalue weighted by atomic mass is 9.82. The van der Waals surface area contributed by atoms with Gasteiger partial charge in [0.2, 0.25) is 0 Å². The molecule has 2 N–H and O–H groups in total. The molecule has 1 aromatic heterocycles. The highest BCUT2D eigenvalue weighted by Crippen LogP contribution is 2.39. The minimum Gasteiger partial charge on any atom is -0.496 e. The lowest BCUT2D eigenvalue weighted by Gasteiger charge is -2.45. The van der Waals surface area contributed by atoms with Gasteiger partial charge in [0.25, 0.3) is 5.91 Å². The van der Waals surface area contributed by atoms with E-state index in [9.17, 15) is 14.7 Å². The van der Waals surface area contributed by atoms with E-state index in [0.717, 1.165) is 27.8 Å². The number of hydrogen-bond donors (Lipinski definition) is 2. The fraction of sp³-hybridized carbons (Fsp3) is 0.250. The van der Waals surface area contributed by atoms with E-state index in [2.05, 4.69) is 15.3 Å². The Balaban J connectivity index is 1.44. The average molecular weight is 555 g/mol. The van der Waals surface area contributed by atoms with E-state index in [4.69, 9.17) is 4.74 Å². The number of benzene rings is 3. The number of halogens is 1. The van der Waals surface area contributed by atoms with Crippen LogP contribution in [0.25, 0.3) is 22.3 Å². The predicted octanol–water partition coefficient (Wildman–Crippen LogP) is 5.73. The highest BCUT2D eigenvalue weighted by molar-refractivity contribution is 6.03. The molecular weight excluding hydrogens is 523 g/mol.